The van der Waals surface area contributed by atoms with Crippen LogP contribution in [0.1, 0.15) is 43.5 Å². The van der Waals surface area contributed by atoms with Crippen molar-refractivity contribution < 1.29 is 9.72 Å². The molecule has 3 unspecified atom stereocenters. The van der Waals surface area contributed by atoms with Crippen molar-refractivity contribution >= 4 is 17.3 Å². The lowest BCUT2D eigenvalue weighted by molar-refractivity contribution is -0.384. The number of hydrogen-bond donors (Lipinski definition) is 2. The predicted octanol–water partition coefficient (Wildman–Crippen LogP) is 2.56. The fourth-order valence-electron chi connectivity index (χ4n) is 4.19. The van der Waals surface area contributed by atoms with Gasteiger partial charge in [-0.1, -0.05) is 13.8 Å². The highest BCUT2D eigenvalue weighted by atomic mass is 16.6. The van der Waals surface area contributed by atoms with Gasteiger partial charge in [0.05, 0.1) is 4.92 Å². The van der Waals surface area contributed by atoms with Crippen molar-refractivity contribution in [2.45, 2.75) is 39.2 Å². The fraction of sp³-hybridized carbons (Fsp3) is 0.632. The van der Waals surface area contributed by atoms with Crippen LogP contribution in [0.25, 0.3) is 0 Å². The summed E-state index contributed by atoms with van der Waals surface area (Å²) >= 11 is 0. The third kappa shape index (κ3) is 4.33. The summed E-state index contributed by atoms with van der Waals surface area (Å²) in [6.07, 6.45) is 3.30. The summed E-state index contributed by atoms with van der Waals surface area (Å²) in [6, 6.07) is 5.14. The van der Waals surface area contributed by atoms with E-state index < -0.39 is 0 Å². The van der Waals surface area contributed by atoms with Crippen molar-refractivity contribution in [3.05, 3.63) is 33.9 Å². The molecule has 0 radical (unpaired) electrons. The predicted molar refractivity (Wildman–Crippen MR) is 102 cm³/mol. The topological polar surface area (TPSA) is 87.5 Å². The average Bonchev–Trinajstić information content (AvgIpc) is 3.11. The molecule has 0 spiro atoms. The van der Waals surface area contributed by atoms with Crippen molar-refractivity contribution in [3.8, 4) is 0 Å². The molecule has 1 amide bonds. The van der Waals surface area contributed by atoms with E-state index in [-0.39, 0.29) is 16.5 Å². The Hall–Kier alpha value is -2.15. The Balaban J connectivity index is 1.75. The molecule has 7 nitrogen and oxygen atoms in total. The van der Waals surface area contributed by atoms with Crippen molar-refractivity contribution in [2.24, 2.45) is 11.8 Å². The lowest BCUT2D eigenvalue weighted by Gasteiger charge is -2.36. The quantitative estimate of drug-likeness (QED) is 0.622. The van der Waals surface area contributed by atoms with Crippen LogP contribution in [0.15, 0.2) is 18.2 Å². The lowest BCUT2D eigenvalue weighted by atomic mass is 9.91. The summed E-state index contributed by atoms with van der Waals surface area (Å²) in [5.41, 5.74) is 0.969. The zero-order valence-electron chi connectivity index (χ0n) is 15.5. The molecule has 7 heteroatoms. The third-order valence-corrected chi connectivity index (χ3v) is 5.32. The van der Waals surface area contributed by atoms with Crippen molar-refractivity contribution in [1.29, 1.82) is 0 Å². The third-order valence-electron chi connectivity index (χ3n) is 5.32. The Morgan fingerprint density at radius 1 is 1.35 bits per heavy atom. The van der Waals surface area contributed by atoms with Crippen LogP contribution in [0.3, 0.4) is 0 Å². The van der Waals surface area contributed by atoms with Gasteiger partial charge in [0.2, 0.25) is 0 Å². The van der Waals surface area contributed by atoms with Gasteiger partial charge < -0.3 is 15.5 Å². The molecule has 2 fully saturated rings. The minimum atomic E-state index is -0.380. The highest BCUT2D eigenvalue weighted by molar-refractivity contribution is 5.95. The largest absolute Gasteiger partial charge is 0.365 e. The molecule has 1 aromatic rings. The van der Waals surface area contributed by atoms with E-state index in [1.165, 1.54) is 6.07 Å². The minimum absolute atomic E-state index is 0.0120. The summed E-state index contributed by atoms with van der Waals surface area (Å²) in [6.45, 7) is 7.50. The monoisotopic (exact) mass is 360 g/mol. The average molecular weight is 360 g/mol. The number of carbonyl (C=O) groups excluding carboxylic acids is 1. The van der Waals surface area contributed by atoms with Crippen molar-refractivity contribution in [2.75, 3.05) is 31.1 Å². The van der Waals surface area contributed by atoms with Crippen LogP contribution < -0.4 is 15.5 Å². The van der Waals surface area contributed by atoms with E-state index in [9.17, 15) is 14.9 Å². The Bertz CT molecular complexity index is 663. The second kappa shape index (κ2) is 8.03. The molecule has 2 aliphatic rings. The minimum Gasteiger partial charge on any atom is -0.365 e. The Morgan fingerprint density at radius 3 is 2.69 bits per heavy atom. The van der Waals surface area contributed by atoms with Gasteiger partial charge in [0, 0.05) is 37.3 Å². The van der Waals surface area contributed by atoms with Crippen molar-refractivity contribution in [1.82, 2.24) is 10.6 Å². The maximum absolute atomic E-state index is 12.4. The number of hydrogen-bond acceptors (Lipinski definition) is 5. The SMILES string of the molecule is CC1CC(C)CN(c2ccc(C(=O)NCC3CCCN3)cc2[N+](=O)[O-])C1. The van der Waals surface area contributed by atoms with Gasteiger partial charge in [0.25, 0.3) is 11.6 Å². The number of rotatable bonds is 5. The fourth-order valence-corrected chi connectivity index (χ4v) is 4.19. The van der Waals surface area contributed by atoms with E-state index in [4.69, 9.17) is 0 Å². The van der Waals surface area contributed by atoms with E-state index in [0.717, 1.165) is 38.9 Å². The van der Waals surface area contributed by atoms with E-state index in [1.807, 2.05) is 0 Å². The maximum atomic E-state index is 12.4. The first-order chi connectivity index (χ1) is 12.4. The van der Waals surface area contributed by atoms with Crippen LogP contribution in [-0.2, 0) is 0 Å². The van der Waals surface area contributed by atoms with Crippen LogP contribution in [0, 0.1) is 22.0 Å². The zero-order valence-corrected chi connectivity index (χ0v) is 15.5. The summed E-state index contributed by atoms with van der Waals surface area (Å²) in [7, 11) is 0. The maximum Gasteiger partial charge on any atom is 0.293 e. The Morgan fingerprint density at radius 2 is 2.08 bits per heavy atom. The number of benzene rings is 1. The number of anilines is 1. The summed E-state index contributed by atoms with van der Waals surface area (Å²) in [5, 5.41) is 17.8. The van der Waals surface area contributed by atoms with E-state index in [1.54, 1.807) is 12.1 Å². The summed E-state index contributed by atoms with van der Waals surface area (Å²) < 4.78 is 0. The second-order valence-electron chi connectivity index (χ2n) is 7.81. The first-order valence-electron chi connectivity index (χ1n) is 9.49. The Kier molecular flexibility index (Phi) is 5.76. The van der Waals surface area contributed by atoms with Gasteiger partial charge in [-0.3, -0.25) is 14.9 Å². The van der Waals surface area contributed by atoms with Crippen molar-refractivity contribution in [3.63, 3.8) is 0 Å². The molecular weight excluding hydrogens is 332 g/mol. The number of amides is 1. The second-order valence-corrected chi connectivity index (χ2v) is 7.81. The van der Waals surface area contributed by atoms with Gasteiger partial charge in [0.1, 0.15) is 5.69 Å². The first-order valence-corrected chi connectivity index (χ1v) is 9.49. The van der Waals surface area contributed by atoms with Gasteiger partial charge in [-0.05, 0) is 49.8 Å². The molecule has 0 aromatic heterocycles. The van der Waals surface area contributed by atoms with Gasteiger partial charge in [-0.15, -0.1) is 0 Å². The van der Waals surface area contributed by atoms with Gasteiger partial charge in [-0.2, -0.15) is 0 Å². The molecule has 2 N–H and O–H groups in total. The first kappa shape index (κ1) is 18.6. The molecule has 2 aliphatic heterocycles. The zero-order chi connectivity index (χ0) is 18.7. The van der Waals surface area contributed by atoms with Crippen LogP contribution in [-0.4, -0.2) is 43.1 Å². The molecule has 3 rings (SSSR count). The van der Waals surface area contributed by atoms with Crippen LogP contribution >= 0.6 is 0 Å². The molecule has 3 atom stereocenters. The number of nitrogens with one attached hydrogen (secondary N) is 2. The molecule has 0 aliphatic carbocycles. The number of nitro groups is 1. The standard InChI is InChI=1S/C19H28N4O3/c1-13-8-14(2)12-22(11-13)17-6-5-15(9-18(17)23(25)26)19(24)21-10-16-4-3-7-20-16/h5-6,9,13-14,16,20H,3-4,7-8,10-12H2,1-2H3,(H,21,24). The summed E-state index contributed by atoms with van der Waals surface area (Å²) in [4.78, 5) is 25.7. The number of nitrogens with zero attached hydrogens (tertiary/aromatic N) is 2. The highest BCUT2D eigenvalue weighted by Gasteiger charge is 2.28. The van der Waals surface area contributed by atoms with Crippen LogP contribution in [0.4, 0.5) is 11.4 Å². The lowest BCUT2D eigenvalue weighted by Crippen LogP contribution is -2.39. The number of carbonyl (C=O) groups is 1. The van der Waals surface area contributed by atoms with Crippen LogP contribution in [0.5, 0.6) is 0 Å². The van der Waals surface area contributed by atoms with Gasteiger partial charge >= 0.3 is 0 Å². The number of nitro benzene ring substituents is 1. The molecule has 26 heavy (non-hydrogen) atoms. The van der Waals surface area contributed by atoms with E-state index in [0.29, 0.717) is 35.7 Å². The molecule has 2 saturated heterocycles. The van der Waals surface area contributed by atoms with Gasteiger partial charge in [0.15, 0.2) is 0 Å². The molecular formula is C19H28N4O3. The van der Waals surface area contributed by atoms with Crippen LogP contribution in [0.2, 0.25) is 0 Å². The highest BCUT2D eigenvalue weighted by Crippen LogP contribution is 2.33. The Labute approximate surface area is 154 Å². The molecule has 1 aromatic carbocycles. The smallest absolute Gasteiger partial charge is 0.293 e. The summed E-state index contributed by atoms with van der Waals surface area (Å²) in [5.74, 6) is 0.745. The van der Waals surface area contributed by atoms with E-state index in [2.05, 4.69) is 29.4 Å². The molecule has 142 valence electrons. The molecule has 0 saturated carbocycles. The van der Waals surface area contributed by atoms with Gasteiger partial charge in [-0.25, -0.2) is 0 Å². The normalized spacial score (nSPS) is 25.9. The molecule has 0 bridgehead atoms. The van der Waals surface area contributed by atoms with E-state index >= 15 is 0 Å². The number of piperidine rings is 1. The molecule has 2 heterocycles.